The molecule has 1 fully saturated rings. The lowest BCUT2D eigenvalue weighted by Gasteiger charge is -2.26. The molecule has 11 nitrogen and oxygen atoms in total. The van der Waals surface area contributed by atoms with E-state index in [-0.39, 0.29) is 35.0 Å². The van der Waals surface area contributed by atoms with Crippen molar-refractivity contribution in [3.8, 4) is 5.75 Å². The van der Waals surface area contributed by atoms with Crippen molar-refractivity contribution in [1.82, 2.24) is 25.5 Å². The van der Waals surface area contributed by atoms with Gasteiger partial charge in [-0.2, -0.15) is 0 Å². The highest BCUT2D eigenvalue weighted by atomic mass is 35.5. The number of aromatic nitrogens is 2. The van der Waals surface area contributed by atoms with Crippen molar-refractivity contribution >= 4 is 41.0 Å². The van der Waals surface area contributed by atoms with Gasteiger partial charge < -0.3 is 26.4 Å². The van der Waals surface area contributed by atoms with Crippen LogP contribution in [0.15, 0.2) is 29.3 Å². The van der Waals surface area contributed by atoms with Crippen LogP contribution in [-0.2, 0) is 11.2 Å². The van der Waals surface area contributed by atoms with E-state index in [2.05, 4.69) is 44.7 Å². The fourth-order valence-electron chi connectivity index (χ4n) is 3.68. The maximum Gasteiger partial charge on any atom is 0.280 e. The van der Waals surface area contributed by atoms with E-state index in [1.807, 2.05) is 17.0 Å². The summed E-state index contributed by atoms with van der Waals surface area (Å²) in [5, 5.41) is 5.31. The number of halogens is 1. The molecule has 1 aromatic heterocycles. The molecule has 0 atom stereocenters. The summed E-state index contributed by atoms with van der Waals surface area (Å²) in [5.74, 6) is 0.636. The van der Waals surface area contributed by atoms with Gasteiger partial charge in [0.15, 0.2) is 35.0 Å². The van der Waals surface area contributed by atoms with Gasteiger partial charge in [0.05, 0.1) is 6.54 Å². The molecule has 0 aliphatic carbocycles. The fraction of sp³-hybridized carbons (Fsp3) is 0.458. The molecule has 0 unspecified atom stereocenters. The van der Waals surface area contributed by atoms with E-state index in [4.69, 9.17) is 27.8 Å². The zero-order valence-corrected chi connectivity index (χ0v) is 21.2. The number of benzene rings is 1. The molecule has 2 amide bonds. The quantitative estimate of drug-likeness (QED) is 0.453. The number of hydrogen-bond acceptors (Lipinski definition) is 9. The average molecular weight is 517 g/mol. The van der Waals surface area contributed by atoms with Crippen LogP contribution in [0, 0.1) is 0 Å². The van der Waals surface area contributed by atoms with Crippen LogP contribution in [0.1, 0.15) is 48.7 Å². The number of nitrogens with zero attached hydrogens (tertiary/aromatic N) is 4. The minimum Gasteiger partial charge on any atom is -0.484 e. The molecule has 6 N–H and O–H groups in total. The van der Waals surface area contributed by atoms with E-state index in [0.717, 1.165) is 44.5 Å². The topological polar surface area (TPSA) is 161 Å². The van der Waals surface area contributed by atoms with Gasteiger partial charge in [-0.25, -0.2) is 9.97 Å². The molecular weight excluding hydrogens is 484 g/mol. The Kier molecular flexibility index (Phi) is 10.1. The Bertz CT molecular complexity index is 1070. The van der Waals surface area contributed by atoms with E-state index in [0.29, 0.717) is 19.0 Å². The molecule has 1 saturated heterocycles. The van der Waals surface area contributed by atoms with Gasteiger partial charge in [-0.1, -0.05) is 37.1 Å². The number of guanidine groups is 1. The maximum absolute atomic E-state index is 11.9. The van der Waals surface area contributed by atoms with Crippen LogP contribution >= 0.6 is 11.6 Å². The summed E-state index contributed by atoms with van der Waals surface area (Å²) in [7, 11) is 0. The summed E-state index contributed by atoms with van der Waals surface area (Å²) < 4.78 is 5.56. The van der Waals surface area contributed by atoms with Gasteiger partial charge >= 0.3 is 0 Å². The molecule has 2 aliphatic rings. The third-order valence-corrected chi connectivity index (χ3v) is 5.84. The summed E-state index contributed by atoms with van der Waals surface area (Å²) >= 11 is 5.67. The number of piperidine rings is 1. The molecule has 36 heavy (non-hydrogen) atoms. The minimum atomic E-state index is -0.537. The van der Waals surface area contributed by atoms with Crippen LogP contribution in [-0.4, -0.2) is 65.4 Å². The van der Waals surface area contributed by atoms with Crippen molar-refractivity contribution in [2.45, 2.75) is 39.0 Å². The second-order valence-corrected chi connectivity index (χ2v) is 8.73. The summed E-state index contributed by atoms with van der Waals surface area (Å²) in [6, 6.07) is 8.05. The maximum atomic E-state index is 11.9. The van der Waals surface area contributed by atoms with Gasteiger partial charge in [0, 0.05) is 19.6 Å². The number of aliphatic imine (C=N–C) groups is 1. The first-order chi connectivity index (χ1) is 17.4. The summed E-state index contributed by atoms with van der Waals surface area (Å²) in [6.45, 7) is 5.39. The van der Waals surface area contributed by atoms with Gasteiger partial charge in [0.25, 0.3) is 11.8 Å². The number of rotatable bonds is 6. The first-order valence-corrected chi connectivity index (χ1v) is 12.4. The molecule has 0 spiro atoms. The highest BCUT2D eigenvalue weighted by Gasteiger charge is 2.18. The second-order valence-electron chi connectivity index (χ2n) is 8.37. The van der Waals surface area contributed by atoms with Crippen LogP contribution in [0.3, 0.4) is 0 Å². The van der Waals surface area contributed by atoms with Crippen molar-refractivity contribution in [1.29, 1.82) is 0 Å². The molecular formula is C24H33ClN8O3. The molecule has 2 aromatic rings. The number of anilines is 2. The number of aryl methyl sites for hydroxylation is 1. The van der Waals surface area contributed by atoms with Gasteiger partial charge in [0.2, 0.25) is 0 Å². The summed E-state index contributed by atoms with van der Waals surface area (Å²) in [6.07, 6.45) is 5.72. The highest BCUT2D eigenvalue weighted by Crippen LogP contribution is 2.17. The number of nitrogens with one attached hydrogen (secondary N) is 2. The van der Waals surface area contributed by atoms with Gasteiger partial charge in [-0.3, -0.25) is 19.9 Å². The van der Waals surface area contributed by atoms with Gasteiger partial charge in [0.1, 0.15) is 5.75 Å². The van der Waals surface area contributed by atoms with Crippen molar-refractivity contribution in [2.24, 2.45) is 4.99 Å². The third-order valence-electron chi connectivity index (χ3n) is 5.56. The minimum absolute atomic E-state index is 0.0166. The van der Waals surface area contributed by atoms with E-state index in [1.165, 1.54) is 12.0 Å². The molecule has 1 aromatic carbocycles. The lowest BCUT2D eigenvalue weighted by Crippen LogP contribution is -2.39. The molecule has 12 heteroatoms. The van der Waals surface area contributed by atoms with Crippen LogP contribution in [0.4, 0.5) is 11.6 Å². The van der Waals surface area contributed by atoms with Crippen molar-refractivity contribution in [2.75, 3.05) is 44.3 Å². The van der Waals surface area contributed by atoms with Crippen molar-refractivity contribution < 1.29 is 14.3 Å². The summed E-state index contributed by atoms with van der Waals surface area (Å²) in [4.78, 5) is 37.1. The number of carbonyl (C=O) groups is 2. The SMILES string of the molecule is CCCc1ccc(OCC(=O)N2CCCCC2)cc1.Nc1nc(N)c(C(=O)NC2=NCCN2)nc1Cl. The van der Waals surface area contributed by atoms with Gasteiger partial charge in [-0.05, 0) is 43.4 Å². The van der Waals surface area contributed by atoms with E-state index < -0.39 is 5.91 Å². The number of hydrogen-bond donors (Lipinski definition) is 4. The highest BCUT2D eigenvalue weighted by molar-refractivity contribution is 6.31. The van der Waals surface area contributed by atoms with E-state index in [1.54, 1.807) is 0 Å². The molecule has 4 rings (SSSR count). The molecule has 0 radical (unpaired) electrons. The van der Waals surface area contributed by atoms with E-state index >= 15 is 0 Å². The third kappa shape index (κ3) is 7.98. The van der Waals surface area contributed by atoms with Crippen LogP contribution < -0.4 is 26.8 Å². The Morgan fingerprint density at radius 1 is 1.11 bits per heavy atom. The predicted octanol–water partition coefficient (Wildman–Crippen LogP) is 2.01. The van der Waals surface area contributed by atoms with Crippen molar-refractivity contribution in [3.63, 3.8) is 0 Å². The Morgan fingerprint density at radius 2 is 1.83 bits per heavy atom. The number of likely N-dealkylation sites (tertiary alicyclic amines) is 1. The van der Waals surface area contributed by atoms with E-state index in [9.17, 15) is 9.59 Å². The number of nitrogens with two attached hydrogens (primary N) is 2. The number of carbonyl (C=O) groups excluding carboxylic acids is 2. The average Bonchev–Trinajstić information content (AvgIpc) is 3.40. The number of nitrogen functional groups attached to an aromatic ring is 2. The summed E-state index contributed by atoms with van der Waals surface area (Å²) in [5.41, 5.74) is 12.2. The van der Waals surface area contributed by atoms with Crippen molar-refractivity contribution in [3.05, 3.63) is 40.7 Å². The second kappa shape index (κ2) is 13.5. The predicted molar refractivity (Wildman–Crippen MR) is 140 cm³/mol. The fourth-order valence-corrected chi connectivity index (χ4v) is 3.80. The van der Waals surface area contributed by atoms with Crippen LogP contribution in [0.5, 0.6) is 5.75 Å². The molecule has 0 bridgehead atoms. The number of ether oxygens (including phenoxy) is 1. The van der Waals surface area contributed by atoms with Crippen LogP contribution in [0.2, 0.25) is 5.15 Å². The first kappa shape index (κ1) is 27.0. The Labute approximate surface area is 215 Å². The largest absolute Gasteiger partial charge is 0.484 e. The zero-order chi connectivity index (χ0) is 25.9. The lowest BCUT2D eigenvalue weighted by molar-refractivity contribution is -0.134. The Morgan fingerprint density at radius 3 is 2.47 bits per heavy atom. The van der Waals surface area contributed by atoms with Crippen LogP contribution in [0.25, 0.3) is 0 Å². The monoisotopic (exact) mass is 516 g/mol. The Balaban J connectivity index is 0.000000202. The molecule has 194 valence electrons. The Hall–Kier alpha value is -3.60. The molecule has 0 saturated carbocycles. The first-order valence-electron chi connectivity index (χ1n) is 12.0. The van der Waals surface area contributed by atoms with Gasteiger partial charge in [-0.15, -0.1) is 0 Å². The smallest absolute Gasteiger partial charge is 0.280 e. The number of amides is 2. The normalized spacial score (nSPS) is 14.7. The zero-order valence-electron chi connectivity index (χ0n) is 20.4. The molecule has 2 aliphatic heterocycles. The standard InChI is InChI=1S/C16H23NO2.C8H10ClN7O/c1-2-6-14-7-9-15(10-8-14)19-13-16(18)17-11-4-3-5-12-17;9-4-6(11)15-5(10)3(14-4)7(17)16-8-12-1-2-13-8/h7-10H,2-6,11-13H2,1H3;1-2H2,(H4,10,11,15)(H2,12,13,16,17). The molecule has 3 heterocycles. The lowest BCUT2D eigenvalue weighted by atomic mass is 10.1.